The van der Waals surface area contributed by atoms with E-state index in [0.717, 1.165) is 36.8 Å². The van der Waals surface area contributed by atoms with Gasteiger partial charge in [-0.25, -0.2) is 4.79 Å². The Labute approximate surface area is 107 Å². The molecular formula is C15H21NO2. The maximum Gasteiger partial charge on any atom is 0.420 e. The van der Waals surface area contributed by atoms with Crippen LogP contribution >= 0.6 is 0 Å². The second-order valence-electron chi connectivity index (χ2n) is 4.94. The molecule has 3 nitrogen and oxygen atoms in total. The fourth-order valence-corrected chi connectivity index (χ4v) is 2.56. The Hall–Kier alpha value is -1.51. The van der Waals surface area contributed by atoms with Gasteiger partial charge in [0.2, 0.25) is 0 Å². The van der Waals surface area contributed by atoms with Crippen molar-refractivity contribution in [1.82, 2.24) is 4.57 Å². The van der Waals surface area contributed by atoms with Crippen LogP contribution < -0.4 is 5.76 Å². The van der Waals surface area contributed by atoms with Crippen molar-refractivity contribution in [3.05, 3.63) is 34.3 Å². The molecule has 3 heteroatoms. The molecule has 0 aliphatic carbocycles. The van der Waals surface area contributed by atoms with E-state index in [1.54, 1.807) is 0 Å². The van der Waals surface area contributed by atoms with Crippen molar-refractivity contribution in [2.45, 2.75) is 52.5 Å². The van der Waals surface area contributed by atoms with Gasteiger partial charge in [0.1, 0.15) is 0 Å². The van der Waals surface area contributed by atoms with Gasteiger partial charge in [-0.15, -0.1) is 0 Å². The van der Waals surface area contributed by atoms with Gasteiger partial charge in [-0.05, 0) is 37.5 Å². The summed E-state index contributed by atoms with van der Waals surface area (Å²) in [4.78, 5) is 12.0. The number of rotatable bonds is 5. The highest BCUT2D eigenvalue weighted by atomic mass is 16.4. The zero-order valence-electron chi connectivity index (χ0n) is 11.4. The summed E-state index contributed by atoms with van der Waals surface area (Å²) in [5.74, 6) is -0.220. The highest BCUT2D eigenvalue weighted by Crippen LogP contribution is 2.24. The third-order valence-corrected chi connectivity index (χ3v) is 3.38. The van der Waals surface area contributed by atoms with Crippen LogP contribution in [0.3, 0.4) is 0 Å². The van der Waals surface area contributed by atoms with E-state index >= 15 is 0 Å². The number of aromatic nitrogens is 1. The van der Waals surface area contributed by atoms with Crippen LogP contribution in [0.5, 0.6) is 0 Å². The van der Waals surface area contributed by atoms with Gasteiger partial charge in [-0.1, -0.05) is 32.8 Å². The highest BCUT2D eigenvalue weighted by molar-refractivity contribution is 5.73. The van der Waals surface area contributed by atoms with Crippen LogP contribution in [-0.4, -0.2) is 4.57 Å². The van der Waals surface area contributed by atoms with Crippen molar-refractivity contribution in [3.63, 3.8) is 0 Å². The smallest absolute Gasteiger partial charge is 0.408 e. The summed E-state index contributed by atoms with van der Waals surface area (Å²) in [6.07, 6.45) is 4.21. The Balaban J connectivity index is 2.56. The van der Waals surface area contributed by atoms with Gasteiger partial charge in [0.15, 0.2) is 5.58 Å². The first-order valence-corrected chi connectivity index (χ1v) is 6.79. The number of hydrogen-bond donors (Lipinski definition) is 0. The minimum atomic E-state index is -0.220. The second kappa shape index (κ2) is 5.42. The first-order valence-electron chi connectivity index (χ1n) is 6.79. The second-order valence-corrected chi connectivity index (χ2v) is 4.94. The number of benzene rings is 1. The molecule has 1 heterocycles. The van der Waals surface area contributed by atoms with Gasteiger partial charge in [0, 0.05) is 6.04 Å². The van der Waals surface area contributed by atoms with Crippen LogP contribution in [0.2, 0.25) is 0 Å². The molecule has 0 saturated heterocycles. The first kappa shape index (κ1) is 12.9. The first-order chi connectivity index (χ1) is 8.67. The fourth-order valence-electron chi connectivity index (χ4n) is 2.56. The number of oxazole rings is 1. The molecule has 0 atom stereocenters. The molecule has 0 aliphatic heterocycles. The monoisotopic (exact) mass is 247 g/mol. The average molecular weight is 247 g/mol. The van der Waals surface area contributed by atoms with E-state index in [1.807, 2.05) is 29.7 Å². The third-order valence-electron chi connectivity index (χ3n) is 3.38. The maximum absolute atomic E-state index is 12.0. The van der Waals surface area contributed by atoms with Crippen LogP contribution in [0, 0.1) is 6.92 Å². The van der Waals surface area contributed by atoms with Crippen LogP contribution in [0.15, 0.2) is 27.4 Å². The molecule has 1 aromatic carbocycles. The molecule has 0 amide bonds. The molecular weight excluding hydrogens is 226 g/mol. The Morgan fingerprint density at radius 1 is 1.22 bits per heavy atom. The molecule has 0 saturated carbocycles. The summed E-state index contributed by atoms with van der Waals surface area (Å²) >= 11 is 0. The molecule has 0 spiro atoms. The number of aryl methyl sites for hydroxylation is 1. The van der Waals surface area contributed by atoms with Crippen molar-refractivity contribution in [3.8, 4) is 0 Å². The van der Waals surface area contributed by atoms with E-state index in [1.165, 1.54) is 0 Å². The summed E-state index contributed by atoms with van der Waals surface area (Å²) in [5, 5.41) is 0. The number of fused-ring (bicyclic) bond motifs is 1. The van der Waals surface area contributed by atoms with Crippen LogP contribution in [-0.2, 0) is 0 Å². The maximum atomic E-state index is 12.0. The number of hydrogen-bond acceptors (Lipinski definition) is 2. The predicted octanol–water partition coefficient (Wildman–Crippen LogP) is 4.04. The Morgan fingerprint density at radius 2 is 1.89 bits per heavy atom. The third kappa shape index (κ3) is 2.35. The van der Waals surface area contributed by atoms with E-state index in [0.29, 0.717) is 5.58 Å². The molecule has 1 aromatic heterocycles. The van der Waals surface area contributed by atoms with Gasteiger partial charge in [-0.2, -0.15) is 0 Å². The summed E-state index contributed by atoms with van der Waals surface area (Å²) < 4.78 is 7.18. The van der Waals surface area contributed by atoms with E-state index in [2.05, 4.69) is 13.8 Å². The van der Waals surface area contributed by atoms with Crippen molar-refractivity contribution in [1.29, 1.82) is 0 Å². The van der Waals surface area contributed by atoms with Crippen molar-refractivity contribution < 1.29 is 4.42 Å². The molecule has 0 aliphatic rings. The van der Waals surface area contributed by atoms with E-state index in [4.69, 9.17) is 4.42 Å². The lowest BCUT2D eigenvalue weighted by molar-refractivity contribution is 0.392. The summed E-state index contributed by atoms with van der Waals surface area (Å²) in [6.45, 7) is 6.35. The molecule has 0 unspecified atom stereocenters. The van der Waals surface area contributed by atoms with E-state index < -0.39 is 0 Å². The zero-order chi connectivity index (χ0) is 13.1. The van der Waals surface area contributed by atoms with Crippen molar-refractivity contribution in [2.75, 3.05) is 0 Å². The van der Waals surface area contributed by atoms with Gasteiger partial charge in [0.25, 0.3) is 0 Å². The molecule has 2 aromatic rings. The zero-order valence-corrected chi connectivity index (χ0v) is 11.4. The minimum absolute atomic E-state index is 0.220. The average Bonchev–Trinajstić information content (AvgIpc) is 2.64. The van der Waals surface area contributed by atoms with Gasteiger partial charge < -0.3 is 4.42 Å². The Morgan fingerprint density at radius 3 is 2.50 bits per heavy atom. The van der Waals surface area contributed by atoms with Crippen molar-refractivity contribution >= 4 is 11.1 Å². The highest BCUT2D eigenvalue weighted by Gasteiger charge is 2.17. The fraction of sp³-hybridized carbons (Fsp3) is 0.533. The van der Waals surface area contributed by atoms with Crippen molar-refractivity contribution in [2.24, 2.45) is 0 Å². The van der Waals surface area contributed by atoms with Gasteiger partial charge in [-0.3, -0.25) is 4.57 Å². The van der Waals surface area contributed by atoms with Gasteiger partial charge >= 0.3 is 5.76 Å². The van der Waals surface area contributed by atoms with E-state index in [-0.39, 0.29) is 11.8 Å². The molecule has 0 radical (unpaired) electrons. The normalized spacial score (nSPS) is 11.6. The largest absolute Gasteiger partial charge is 0.420 e. The number of nitrogens with zero attached hydrogens (tertiary/aromatic N) is 1. The molecule has 0 fully saturated rings. The topological polar surface area (TPSA) is 35.1 Å². The lowest BCUT2D eigenvalue weighted by Crippen LogP contribution is -2.20. The summed E-state index contributed by atoms with van der Waals surface area (Å²) in [5.41, 5.74) is 2.79. The molecule has 18 heavy (non-hydrogen) atoms. The van der Waals surface area contributed by atoms with Crippen LogP contribution in [0.4, 0.5) is 0 Å². The summed E-state index contributed by atoms with van der Waals surface area (Å²) in [6, 6.07) is 6.16. The van der Waals surface area contributed by atoms with Crippen LogP contribution in [0.1, 0.15) is 51.1 Å². The lowest BCUT2D eigenvalue weighted by atomic mass is 10.1. The molecule has 0 N–H and O–H groups in total. The molecule has 98 valence electrons. The Kier molecular flexibility index (Phi) is 3.90. The Bertz CT molecular complexity index is 574. The lowest BCUT2D eigenvalue weighted by Gasteiger charge is -2.16. The van der Waals surface area contributed by atoms with E-state index in [9.17, 15) is 4.79 Å². The SMILES string of the molecule is CCCC(CCC)n1c(=O)oc2ccc(C)cc21. The predicted molar refractivity (Wildman–Crippen MR) is 74.1 cm³/mol. The molecule has 0 bridgehead atoms. The molecule has 2 rings (SSSR count). The van der Waals surface area contributed by atoms with Gasteiger partial charge in [0.05, 0.1) is 5.52 Å². The quantitative estimate of drug-likeness (QED) is 0.799. The van der Waals surface area contributed by atoms with Crippen LogP contribution in [0.25, 0.3) is 11.1 Å². The standard InChI is InChI=1S/C15H21NO2/c1-4-6-12(7-5-2)16-13-10-11(3)8-9-14(13)18-15(16)17/h8-10,12H,4-7H2,1-3H3. The summed E-state index contributed by atoms with van der Waals surface area (Å²) in [7, 11) is 0. The minimum Gasteiger partial charge on any atom is -0.408 e.